The van der Waals surface area contributed by atoms with Crippen molar-refractivity contribution in [1.82, 2.24) is 0 Å². The molecule has 1 rings (SSSR count). The van der Waals surface area contributed by atoms with Crippen LogP contribution in [0, 0.1) is 0 Å². The molecule has 3 nitrogen and oxygen atoms in total. The molecule has 10 heavy (non-hydrogen) atoms. The Morgan fingerprint density at radius 3 is 3.00 bits per heavy atom. The van der Waals surface area contributed by atoms with E-state index in [9.17, 15) is 4.79 Å². The Morgan fingerprint density at radius 1 is 1.90 bits per heavy atom. The second-order valence-corrected chi connectivity index (χ2v) is 2.33. The van der Waals surface area contributed by atoms with Gasteiger partial charge in [0.2, 0.25) is 0 Å². The van der Waals surface area contributed by atoms with Gasteiger partial charge in [-0.2, -0.15) is 0 Å². The summed E-state index contributed by atoms with van der Waals surface area (Å²) >= 11 is 0. The average molecular weight is 139 g/mol. The van der Waals surface area contributed by atoms with Crippen molar-refractivity contribution in [1.29, 1.82) is 0 Å². The summed E-state index contributed by atoms with van der Waals surface area (Å²) in [5.41, 5.74) is 0.304. The second kappa shape index (κ2) is 2.64. The predicted molar refractivity (Wildman–Crippen MR) is 38.3 cm³/mol. The third kappa shape index (κ3) is 1.43. The Kier molecular flexibility index (Phi) is 1.85. The fraction of sp³-hybridized carbons (Fsp3) is 0.429. The first-order chi connectivity index (χ1) is 4.70. The molecule has 1 heterocycles. The van der Waals surface area contributed by atoms with Gasteiger partial charge in [-0.25, -0.2) is 4.79 Å². The first kappa shape index (κ1) is 6.99. The number of aliphatic carboxylic acids is 1. The van der Waals surface area contributed by atoms with E-state index >= 15 is 0 Å². The average Bonchev–Trinajstić information content (AvgIpc) is 1.88. The standard InChI is InChI=1S/C7H9NO2/c1-5-2-3-6(4-8-5)7(9)10/h3-5H,2H2,1H3,(H,9,10). The Balaban J connectivity index is 2.67. The highest BCUT2D eigenvalue weighted by atomic mass is 16.4. The zero-order chi connectivity index (χ0) is 7.56. The molecule has 0 aliphatic carbocycles. The molecule has 0 aromatic carbocycles. The number of dihydropyridines is 1. The van der Waals surface area contributed by atoms with Crippen molar-refractivity contribution in [3.8, 4) is 0 Å². The molecule has 0 bridgehead atoms. The molecule has 0 amide bonds. The summed E-state index contributed by atoms with van der Waals surface area (Å²) in [5, 5.41) is 8.46. The lowest BCUT2D eigenvalue weighted by atomic mass is 10.1. The van der Waals surface area contributed by atoms with E-state index in [0.29, 0.717) is 5.57 Å². The van der Waals surface area contributed by atoms with Gasteiger partial charge in [-0.05, 0) is 13.3 Å². The lowest BCUT2D eigenvalue weighted by Gasteiger charge is -2.07. The largest absolute Gasteiger partial charge is 0.478 e. The lowest BCUT2D eigenvalue weighted by Crippen LogP contribution is -2.09. The van der Waals surface area contributed by atoms with E-state index in [0.717, 1.165) is 6.42 Å². The predicted octanol–water partition coefficient (Wildman–Crippen LogP) is 0.860. The summed E-state index contributed by atoms with van der Waals surface area (Å²) in [7, 11) is 0. The summed E-state index contributed by atoms with van der Waals surface area (Å²) in [6, 6.07) is 0.239. The van der Waals surface area contributed by atoms with Crippen LogP contribution in [0.15, 0.2) is 16.6 Å². The van der Waals surface area contributed by atoms with Gasteiger partial charge in [-0.15, -0.1) is 0 Å². The number of carboxylic acid groups (broad SMARTS) is 1. The Labute approximate surface area is 59.1 Å². The molecule has 0 fully saturated rings. The SMILES string of the molecule is CC1CC=C(C(=O)O)C=N1. The van der Waals surface area contributed by atoms with Crippen molar-refractivity contribution in [2.24, 2.45) is 4.99 Å². The van der Waals surface area contributed by atoms with Gasteiger partial charge in [0.1, 0.15) is 0 Å². The van der Waals surface area contributed by atoms with Crippen LogP contribution in [-0.4, -0.2) is 23.3 Å². The van der Waals surface area contributed by atoms with Crippen LogP contribution in [0.1, 0.15) is 13.3 Å². The van der Waals surface area contributed by atoms with Crippen LogP contribution in [0.5, 0.6) is 0 Å². The van der Waals surface area contributed by atoms with E-state index in [1.807, 2.05) is 6.92 Å². The molecule has 0 saturated heterocycles. The molecule has 1 aliphatic heterocycles. The van der Waals surface area contributed by atoms with E-state index in [-0.39, 0.29) is 6.04 Å². The van der Waals surface area contributed by atoms with E-state index in [1.54, 1.807) is 6.08 Å². The molecule has 1 unspecified atom stereocenters. The third-order valence-corrected chi connectivity index (χ3v) is 1.39. The lowest BCUT2D eigenvalue weighted by molar-refractivity contribution is -0.132. The van der Waals surface area contributed by atoms with Crippen LogP contribution in [0.4, 0.5) is 0 Å². The summed E-state index contributed by atoms with van der Waals surface area (Å²) in [4.78, 5) is 14.3. The van der Waals surface area contributed by atoms with Gasteiger partial charge in [0, 0.05) is 6.21 Å². The minimum atomic E-state index is -0.893. The van der Waals surface area contributed by atoms with E-state index in [2.05, 4.69) is 4.99 Å². The quantitative estimate of drug-likeness (QED) is 0.585. The number of carboxylic acids is 1. The summed E-state index contributed by atoms with van der Waals surface area (Å²) in [5.74, 6) is -0.893. The number of carbonyl (C=O) groups is 1. The Morgan fingerprint density at radius 2 is 2.60 bits per heavy atom. The van der Waals surface area contributed by atoms with Crippen LogP contribution >= 0.6 is 0 Å². The van der Waals surface area contributed by atoms with Crippen molar-refractivity contribution < 1.29 is 9.90 Å². The molecule has 0 aromatic rings. The molecule has 0 radical (unpaired) electrons. The van der Waals surface area contributed by atoms with Crippen LogP contribution < -0.4 is 0 Å². The number of nitrogens with zero attached hydrogens (tertiary/aromatic N) is 1. The van der Waals surface area contributed by atoms with Crippen LogP contribution in [0.2, 0.25) is 0 Å². The molecule has 0 aromatic heterocycles. The minimum absolute atomic E-state index is 0.239. The molecule has 0 spiro atoms. The number of hydrogen-bond donors (Lipinski definition) is 1. The third-order valence-electron chi connectivity index (χ3n) is 1.39. The van der Waals surface area contributed by atoms with Gasteiger partial charge in [0.05, 0.1) is 11.6 Å². The van der Waals surface area contributed by atoms with E-state index in [4.69, 9.17) is 5.11 Å². The zero-order valence-electron chi connectivity index (χ0n) is 5.74. The molecule has 3 heteroatoms. The summed E-state index contributed by atoms with van der Waals surface area (Å²) in [6.45, 7) is 1.95. The first-order valence-electron chi connectivity index (χ1n) is 3.17. The first-order valence-corrected chi connectivity index (χ1v) is 3.17. The van der Waals surface area contributed by atoms with Gasteiger partial charge in [0.15, 0.2) is 0 Å². The monoisotopic (exact) mass is 139 g/mol. The topological polar surface area (TPSA) is 49.7 Å². The maximum Gasteiger partial charge on any atom is 0.336 e. The van der Waals surface area contributed by atoms with Gasteiger partial charge in [0.25, 0.3) is 0 Å². The second-order valence-electron chi connectivity index (χ2n) is 2.33. The highest BCUT2D eigenvalue weighted by Crippen LogP contribution is 2.07. The molecule has 1 aliphatic rings. The van der Waals surface area contributed by atoms with Gasteiger partial charge >= 0.3 is 5.97 Å². The Bertz CT molecular complexity index is 206. The normalized spacial score (nSPS) is 24.1. The fourth-order valence-corrected chi connectivity index (χ4v) is 0.761. The Hall–Kier alpha value is -1.12. The van der Waals surface area contributed by atoms with Gasteiger partial charge in [-0.1, -0.05) is 6.08 Å². The number of hydrogen-bond acceptors (Lipinski definition) is 2. The highest BCUT2D eigenvalue weighted by Gasteiger charge is 2.09. The molecule has 1 atom stereocenters. The zero-order valence-corrected chi connectivity index (χ0v) is 5.74. The van der Waals surface area contributed by atoms with Crippen LogP contribution in [0.25, 0.3) is 0 Å². The van der Waals surface area contributed by atoms with Gasteiger partial charge < -0.3 is 5.11 Å². The van der Waals surface area contributed by atoms with Crippen LogP contribution in [-0.2, 0) is 4.79 Å². The van der Waals surface area contributed by atoms with Crippen molar-refractivity contribution in [3.05, 3.63) is 11.6 Å². The summed E-state index contributed by atoms with van der Waals surface area (Å²) in [6.07, 6.45) is 3.84. The van der Waals surface area contributed by atoms with Crippen molar-refractivity contribution in [2.75, 3.05) is 0 Å². The van der Waals surface area contributed by atoms with Crippen molar-refractivity contribution in [2.45, 2.75) is 19.4 Å². The van der Waals surface area contributed by atoms with Gasteiger partial charge in [-0.3, -0.25) is 4.99 Å². The summed E-state index contributed by atoms with van der Waals surface area (Å²) < 4.78 is 0. The van der Waals surface area contributed by atoms with E-state index < -0.39 is 5.97 Å². The maximum absolute atomic E-state index is 10.3. The maximum atomic E-state index is 10.3. The highest BCUT2D eigenvalue weighted by molar-refractivity contribution is 6.08. The van der Waals surface area contributed by atoms with Crippen molar-refractivity contribution in [3.63, 3.8) is 0 Å². The smallest absolute Gasteiger partial charge is 0.336 e. The van der Waals surface area contributed by atoms with Crippen LogP contribution in [0.3, 0.4) is 0 Å². The van der Waals surface area contributed by atoms with E-state index in [1.165, 1.54) is 6.21 Å². The number of rotatable bonds is 1. The number of aliphatic imine (C=N–C) groups is 1. The molecule has 54 valence electrons. The fourth-order valence-electron chi connectivity index (χ4n) is 0.761. The minimum Gasteiger partial charge on any atom is -0.478 e. The molecule has 0 saturated carbocycles. The molecular weight excluding hydrogens is 130 g/mol. The molecular formula is C7H9NO2. The van der Waals surface area contributed by atoms with Crippen molar-refractivity contribution >= 4 is 12.2 Å². The molecule has 1 N–H and O–H groups in total.